The zero-order chi connectivity index (χ0) is 19.8. The normalized spacial score (nSPS) is 11.2. The third-order valence-electron chi connectivity index (χ3n) is 3.56. The first-order valence-electron chi connectivity index (χ1n) is 8.43. The largest absolute Gasteiger partial charge is 0.434 e. The van der Waals surface area contributed by atoms with E-state index >= 15 is 0 Å². The van der Waals surface area contributed by atoms with Crippen LogP contribution in [-0.4, -0.2) is 47.0 Å². The topological polar surface area (TPSA) is 87.5 Å². The first kappa shape index (κ1) is 20.7. The summed E-state index contributed by atoms with van der Waals surface area (Å²) in [5.74, 6) is -0.536. The molecule has 0 atom stereocenters. The number of nitrogens with zero attached hydrogens (tertiary/aromatic N) is 3. The Balaban J connectivity index is 2.06. The fourth-order valence-electron chi connectivity index (χ4n) is 2.33. The van der Waals surface area contributed by atoms with Crippen LogP contribution >= 0.6 is 0 Å². The van der Waals surface area contributed by atoms with Gasteiger partial charge in [-0.05, 0) is 32.9 Å². The predicted octanol–water partition coefficient (Wildman–Crippen LogP) is 2.84. The number of carbonyl (C=O) groups excluding carboxylic acids is 1. The molecular weight excluding hydrogens is 362 g/mol. The van der Waals surface area contributed by atoms with Crippen molar-refractivity contribution in [2.45, 2.75) is 40.2 Å². The lowest BCUT2D eigenvalue weighted by molar-refractivity contribution is -0.145. The molecule has 0 radical (unpaired) electrons. The van der Waals surface area contributed by atoms with E-state index in [2.05, 4.69) is 20.4 Å². The number of anilines is 1. The molecule has 0 aliphatic rings. The summed E-state index contributed by atoms with van der Waals surface area (Å²) in [7, 11) is 0. The van der Waals surface area contributed by atoms with E-state index in [1.165, 1.54) is 23.0 Å². The molecule has 1 aromatic heterocycles. The average molecular weight is 384 g/mol. The number of benzene rings is 1. The van der Waals surface area contributed by atoms with Crippen LogP contribution in [-0.2, 0) is 16.0 Å². The first-order chi connectivity index (χ1) is 12.9. The van der Waals surface area contributed by atoms with Crippen LogP contribution in [0.25, 0.3) is 0 Å². The van der Waals surface area contributed by atoms with Crippen LogP contribution in [0.3, 0.4) is 0 Å². The lowest BCUT2D eigenvalue weighted by Gasteiger charge is -2.16. The van der Waals surface area contributed by atoms with Gasteiger partial charge < -0.3 is 19.5 Å². The first-order valence-corrected chi connectivity index (χ1v) is 8.43. The summed E-state index contributed by atoms with van der Waals surface area (Å²) in [6.45, 7) is 3.54. The van der Waals surface area contributed by atoms with Crippen LogP contribution in [0.2, 0.25) is 0 Å². The summed E-state index contributed by atoms with van der Waals surface area (Å²) >= 11 is 0. The van der Waals surface area contributed by atoms with E-state index in [0.29, 0.717) is 24.5 Å². The summed E-state index contributed by atoms with van der Waals surface area (Å²) < 4.78 is 41.6. The molecule has 2 rings (SSSR count). The second-order valence-electron chi connectivity index (χ2n) is 5.43. The molecule has 0 saturated carbocycles. The molecule has 0 unspecified atom stereocenters. The molecule has 1 N–H and O–H groups in total. The van der Waals surface area contributed by atoms with E-state index in [9.17, 15) is 13.6 Å². The van der Waals surface area contributed by atoms with Crippen LogP contribution in [0, 0.1) is 6.92 Å². The van der Waals surface area contributed by atoms with Crippen molar-refractivity contribution in [1.29, 1.82) is 0 Å². The van der Waals surface area contributed by atoms with Gasteiger partial charge in [-0.3, -0.25) is 4.79 Å². The van der Waals surface area contributed by atoms with Crippen LogP contribution in [0.5, 0.6) is 5.75 Å². The molecule has 0 aliphatic carbocycles. The molecule has 0 bridgehead atoms. The second kappa shape index (κ2) is 9.93. The van der Waals surface area contributed by atoms with E-state index in [1.807, 2.05) is 13.8 Å². The maximum Gasteiger partial charge on any atom is 0.387 e. The number of rotatable bonds is 10. The molecule has 27 heavy (non-hydrogen) atoms. The summed E-state index contributed by atoms with van der Waals surface area (Å²) in [4.78, 5) is 12.4. The van der Waals surface area contributed by atoms with Gasteiger partial charge in [0.2, 0.25) is 0 Å². The molecule has 0 fully saturated rings. The molecule has 148 valence electrons. The molecule has 8 nitrogen and oxygen atoms in total. The third kappa shape index (κ3) is 5.97. The smallest absolute Gasteiger partial charge is 0.387 e. The Morgan fingerprint density at radius 1 is 1.26 bits per heavy atom. The van der Waals surface area contributed by atoms with Crippen molar-refractivity contribution in [2.24, 2.45) is 0 Å². The van der Waals surface area contributed by atoms with Gasteiger partial charge in [-0.15, -0.1) is 5.10 Å². The van der Waals surface area contributed by atoms with E-state index in [1.54, 1.807) is 13.0 Å². The highest BCUT2D eigenvalue weighted by Crippen LogP contribution is 2.27. The van der Waals surface area contributed by atoms with Crippen LogP contribution in [0.15, 0.2) is 24.4 Å². The molecule has 1 amide bonds. The maximum atomic E-state index is 12.4. The Hall–Kier alpha value is -2.59. The van der Waals surface area contributed by atoms with Gasteiger partial charge in [0.15, 0.2) is 12.0 Å². The standard InChI is InChI=1S/C17H22F2N4O4/c1-4-25-15(26-5-2)10-23-9-13(21-22-23)16(24)20-12-7-6-8-14(11(12)3)27-17(18)19/h6-9,15,17H,4-5,10H2,1-3H3,(H,20,24). The quantitative estimate of drug-likeness (QED) is 0.634. The highest BCUT2D eigenvalue weighted by molar-refractivity contribution is 6.03. The van der Waals surface area contributed by atoms with Crippen molar-refractivity contribution < 1.29 is 27.8 Å². The zero-order valence-electron chi connectivity index (χ0n) is 15.3. The van der Waals surface area contributed by atoms with Gasteiger partial charge in [-0.2, -0.15) is 8.78 Å². The Bertz CT molecular complexity index is 748. The van der Waals surface area contributed by atoms with Crippen molar-refractivity contribution in [1.82, 2.24) is 15.0 Å². The van der Waals surface area contributed by atoms with Gasteiger partial charge in [-0.25, -0.2) is 4.68 Å². The van der Waals surface area contributed by atoms with Crippen LogP contribution in [0.4, 0.5) is 14.5 Å². The number of nitrogens with one attached hydrogen (secondary N) is 1. The summed E-state index contributed by atoms with van der Waals surface area (Å²) in [5, 5.41) is 10.3. The lowest BCUT2D eigenvalue weighted by Crippen LogP contribution is -2.24. The lowest BCUT2D eigenvalue weighted by atomic mass is 10.1. The van der Waals surface area contributed by atoms with Gasteiger partial charge in [-0.1, -0.05) is 11.3 Å². The van der Waals surface area contributed by atoms with E-state index in [-0.39, 0.29) is 18.0 Å². The van der Waals surface area contributed by atoms with Gasteiger partial charge >= 0.3 is 6.61 Å². The predicted molar refractivity (Wildman–Crippen MR) is 92.8 cm³/mol. The Morgan fingerprint density at radius 3 is 2.59 bits per heavy atom. The van der Waals surface area contributed by atoms with Gasteiger partial charge in [0.05, 0.1) is 12.7 Å². The number of alkyl halides is 2. The number of halogens is 2. The number of ether oxygens (including phenoxy) is 3. The fraction of sp³-hybridized carbons (Fsp3) is 0.471. The Labute approximate surface area is 155 Å². The molecule has 0 saturated heterocycles. The van der Waals surface area contributed by atoms with Crippen LogP contribution in [0.1, 0.15) is 29.9 Å². The van der Waals surface area contributed by atoms with Crippen molar-refractivity contribution in [3.8, 4) is 5.75 Å². The Morgan fingerprint density at radius 2 is 1.96 bits per heavy atom. The average Bonchev–Trinajstić information content (AvgIpc) is 3.07. The molecule has 1 heterocycles. The SMILES string of the molecule is CCOC(Cn1cc(C(=O)Nc2cccc(OC(F)F)c2C)nn1)OCC. The zero-order valence-corrected chi connectivity index (χ0v) is 15.3. The second-order valence-corrected chi connectivity index (χ2v) is 5.43. The van der Waals surface area contributed by atoms with Crippen molar-refractivity contribution >= 4 is 11.6 Å². The molecule has 10 heteroatoms. The minimum Gasteiger partial charge on any atom is -0.434 e. The highest BCUT2D eigenvalue weighted by Gasteiger charge is 2.17. The summed E-state index contributed by atoms with van der Waals surface area (Å²) in [6, 6.07) is 4.48. The Kier molecular flexibility index (Phi) is 7.62. The van der Waals surface area contributed by atoms with E-state index in [4.69, 9.17) is 9.47 Å². The minimum atomic E-state index is -2.95. The molecule has 1 aromatic carbocycles. The van der Waals surface area contributed by atoms with Crippen molar-refractivity contribution in [3.05, 3.63) is 35.7 Å². The number of hydrogen-bond donors (Lipinski definition) is 1. The third-order valence-corrected chi connectivity index (χ3v) is 3.56. The van der Waals surface area contributed by atoms with Crippen LogP contribution < -0.4 is 10.1 Å². The number of carbonyl (C=O) groups is 1. The molecule has 0 spiro atoms. The molecular formula is C17H22F2N4O4. The molecule has 2 aromatic rings. The van der Waals surface area contributed by atoms with Gasteiger partial charge in [0.25, 0.3) is 5.91 Å². The summed E-state index contributed by atoms with van der Waals surface area (Å²) in [5.41, 5.74) is 0.793. The van der Waals surface area contributed by atoms with Crippen molar-refractivity contribution in [3.63, 3.8) is 0 Å². The van der Waals surface area contributed by atoms with Gasteiger partial charge in [0, 0.05) is 24.5 Å². The monoisotopic (exact) mass is 384 g/mol. The van der Waals surface area contributed by atoms with Gasteiger partial charge in [0.1, 0.15) is 5.75 Å². The number of aromatic nitrogens is 3. The maximum absolute atomic E-state index is 12.4. The highest BCUT2D eigenvalue weighted by atomic mass is 19.3. The number of hydrogen-bond acceptors (Lipinski definition) is 6. The fourth-order valence-corrected chi connectivity index (χ4v) is 2.33. The summed E-state index contributed by atoms with van der Waals surface area (Å²) in [6.07, 6.45) is 0.956. The van der Waals surface area contributed by atoms with E-state index < -0.39 is 18.8 Å². The van der Waals surface area contributed by atoms with Crippen molar-refractivity contribution in [2.75, 3.05) is 18.5 Å². The number of amides is 1. The van der Waals surface area contributed by atoms with E-state index in [0.717, 1.165) is 0 Å². The molecule has 0 aliphatic heterocycles. The minimum absolute atomic E-state index is 0.0114.